The number of hydrogen-bond acceptors (Lipinski definition) is 3. The van der Waals surface area contributed by atoms with E-state index < -0.39 is 24.6 Å². The van der Waals surface area contributed by atoms with Gasteiger partial charge in [0.25, 0.3) is 0 Å². The molecule has 0 aromatic heterocycles. The number of rotatable bonds is 4. The summed E-state index contributed by atoms with van der Waals surface area (Å²) >= 11 is 0. The number of hydrogen-bond donors (Lipinski definition) is 1. The lowest BCUT2D eigenvalue weighted by Crippen LogP contribution is -2.53. The van der Waals surface area contributed by atoms with Crippen LogP contribution in [-0.4, -0.2) is 65.8 Å². The molecule has 0 amide bonds. The second-order valence-electron chi connectivity index (χ2n) is 5.07. The maximum absolute atomic E-state index is 13.1. The molecule has 0 aliphatic carbocycles. The van der Waals surface area contributed by atoms with Crippen LogP contribution in [0.5, 0.6) is 0 Å². The Morgan fingerprint density at radius 1 is 1.42 bits per heavy atom. The lowest BCUT2D eigenvalue weighted by molar-refractivity contribution is -0.195. The zero-order chi connectivity index (χ0) is 14.6. The molecule has 4 nitrogen and oxygen atoms in total. The van der Waals surface area contributed by atoms with Gasteiger partial charge in [-0.2, -0.15) is 13.2 Å². The van der Waals surface area contributed by atoms with Crippen LogP contribution < -0.4 is 0 Å². The van der Waals surface area contributed by atoms with Crippen LogP contribution in [0, 0.1) is 0 Å². The highest BCUT2D eigenvalue weighted by Crippen LogP contribution is 2.30. The highest BCUT2D eigenvalue weighted by atomic mass is 19.4. The first-order valence-corrected chi connectivity index (χ1v) is 6.48. The van der Waals surface area contributed by atoms with Crippen molar-refractivity contribution in [3.8, 4) is 0 Å². The molecule has 1 aliphatic heterocycles. The van der Waals surface area contributed by atoms with Gasteiger partial charge in [-0.1, -0.05) is 6.92 Å². The van der Waals surface area contributed by atoms with Gasteiger partial charge in [0.1, 0.15) is 6.04 Å². The molecule has 1 fully saturated rings. The van der Waals surface area contributed by atoms with E-state index in [0.29, 0.717) is 25.9 Å². The van der Waals surface area contributed by atoms with Gasteiger partial charge in [0.2, 0.25) is 0 Å². The fraction of sp³-hybridized carbons (Fsp3) is 0.917. The standard InChI is InChI=1S/C12H21F3N2O2/c1-3-9-8-16(2)5-4-6-17(9)10(7-11(18)19)12(13,14)15/h9-10H,3-8H2,1-2H3,(H,18,19). The monoisotopic (exact) mass is 282 g/mol. The molecule has 1 N–H and O–H groups in total. The fourth-order valence-electron chi connectivity index (χ4n) is 2.62. The lowest BCUT2D eigenvalue weighted by atomic mass is 10.1. The third-order valence-corrected chi connectivity index (χ3v) is 3.56. The molecule has 0 radical (unpaired) electrons. The smallest absolute Gasteiger partial charge is 0.404 e. The number of nitrogens with zero attached hydrogens (tertiary/aromatic N) is 2. The van der Waals surface area contributed by atoms with Gasteiger partial charge in [-0.25, -0.2) is 0 Å². The third-order valence-electron chi connectivity index (χ3n) is 3.56. The van der Waals surface area contributed by atoms with Crippen molar-refractivity contribution in [3.05, 3.63) is 0 Å². The molecule has 19 heavy (non-hydrogen) atoms. The highest BCUT2D eigenvalue weighted by molar-refractivity contribution is 5.67. The molecule has 0 aromatic carbocycles. The summed E-state index contributed by atoms with van der Waals surface area (Å²) in [6.07, 6.45) is -4.19. The molecule has 7 heteroatoms. The normalized spacial score (nSPS) is 25.0. The molecule has 1 aliphatic rings. The van der Waals surface area contributed by atoms with Crippen LogP contribution in [0.1, 0.15) is 26.2 Å². The molecule has 1 saturated heterocycles. The van der Waals surface area contributed by atoms with Gasteiger partial charge < -0.3 is 10.0 Å². The first-order valence-electron chi connectivity index (χ1n) is 6.48. The number of carboxylic acid groups (broad SMARTS) is 1. The van der Waals surface area contributed by atoms with Gasteiger partial charge in [0, 0.05) is 19.1 Å². The van der Waals surface area contributed by atoms with Gasteiger partial charge in [0.05, 0.1) is 6.42 Å². The Morgan fingerprint density at radius 2 is 2.05 bits per heavy atom. The first-order chi connectivity index (χ1) is 8.75. The van der Waals surface area contributed by atoms with E-state index in [-0.39, 0.29) is 6.04 Å². The maximum Gasteiger partial charge on any atom is 0.404 e. The van der Waals surface area contributed by atoms with Gasteiger partial charge in [-0.05, 0) is 26.4 Å². The molecule has 2 atom stereocenters. The molecular weight excluding hydrogens is 261 g/mol. The minimum absolute atomic E-state index is 0.251. The molecule has 2 unspecified atom stereocenters. The zero-order valence-electron chi connectivity index (χ0n) is 11.3. The van der Waals surface area contributed by atoms with Gasteiger partial charge in [-0.3, -0.25) is 9.69 Å². The van der Waals surface area contributed by atoms with E-state index in [0.717, 1.165) is 6.54 Å². The summed E-state index contributed by atoms with van der Waals surface area (Å²) in [6, 6.07) is -2.14. The second kappa shape index (κ2) is 6.56. The molecule has 0 spiro atoms. The molecule has 0 aromatic rings. The van der Waals surface area contributed by atoms with Crippen molar-refractivity contribution >= 4 is 5.97 Å². The summed E-state index contributed by atoms with van der Waals surface area (Å²) in [5, 5.41) is 8.72. The predicted molar refractivity (Wildman–Crippen MR) is 65.0 cm³/mol. The number of aliphatic carboxylic acids is 1. The van der Waals surface area contributed by atoms with E-state index in [1.165, 1.54) is 4.90 Å². The summed E-state index contributed by atoms with van der Waals surface area (Å²) in [7, 11) is 1.88. The van der Waals surface area contributed by atoms with Crippen LogP contribution in [0.4, 0.5) is 13.2 Å². The highest BCUT2D eigenvalue weighted by Gasteiger charge is 2.46. The van der Waals surface area contributed by atoms with Crippen LogP contribution in [0.25, 0.3) is 0 Å². The molecular formula is C12H21F3N2O2. The first kappa shape index (κ1) is 16.2. The quantitative estimate of drug-likeness (QED) is 0.854. The van der Waals surface area contributed by atoms with Crippen molar-refractivity contribution in [3.63, 3.8) is 0 Å². The Labute approximate surface area is 111 Å². The zero-order valence-corrected chi connectivity index (χ0v) is 11.3. The van der Waals surface area contributed by atoms with E-state index >= 15 is 0 Å². The van der Waals surface area contributed by atoms with E-state index in [9.17, 15) is 18.0 Å². The average Bonchev–Trinajstić information content (AvgIpc) is 2.45. The molecule has 0 bridgehead atoms. The van der Waals surface area contributed by atoms with Gasteiger partial charge in [0.15, 0.2) is 0 Å². The Bertz CT molecular complexity index is 310. The Balaban J connectivity index is 2.93. The molecule has 112 valence electrons. The molecule has 1 rings (SSSR count). The Morgan fingerprint density at radius 3 is 2.53 bits per heavy atom. The Hall–Kier alpha value is -0.820. The topological polar surface area (TPSA) is 43.8 Å². The summed E-state index contributed by atoms with van der Waals surface area (Å²) < 4.78 is 39.3. The van der Waals surface area contributed by atoms with Crippen LogP contribution in [0.2, 0.25) is 0 Å². The average molecular weight is 282 g/mol. The number of carbonyl (C=O) groups is 1. The minimum Gasteiger partial charge on any atom is -0.481 e. The number of likely N-dealkylation sites (N-methyl/N-ethyl adjacent to an activating group) is 1. The predicted octanol–water partition coefficient (Wildman–Crippen LogP) is 1.81. The van der Waals surface area contributed by atoms with Crippen molar-refractivity contribution in [1.29, 1.82) is 0 Å². The summed E-state index contributed by atoms with van der Waals surface area (Å²) in [5.74, 6) is -1.41. The van der Waals surface area contributed by atoms with Crippen LogP contribution in [0.15, 0.2) is 0 Å². The summed E-state index contributed by atoms with van der Waals surface area (Å²) in [4.78, 5) is 14.0. The minimum atomic E-state index is -4.51. The SMILES string of the molecule is CCC1CN(C)CCCN1C(CC(=O)O)C(F)(F)F. The van der Waals surface area contributed by atoms with Crippen molar-refractivity contribution in [2.24, 2.45) is 0 Å². The largest absolute Gasteiger partial charge is 0.481 e. The van der Waals surface area contributed by atoms with E-state index in [1.807, 2.05) is 18.9 Å². The van der Waals surface area contributed by atoms with Crippen molar-refractivity contribution in [2.45, 2.75) is 44.4 Å². The van der Waals surface area contributed by atoms with Crippen LogP contribution in [-0.2, 0) is 4.79 Å². The van der Waals surface area contributed by atoms with E-state index in [4.69, 9.17) is 5.11 Å². The van der Waals surface area contributed by atoms with E-state index in [1.54, 1.807) is 0 Å². The van der Waals surface area contributed by atoms with Crippen molar-refractivity contribution < 1.29 is 23.1 Å². The van der Waals surface area contributed by atoms with Gasteiger partial charge in [-0.15, -0.1) is 0 Å². The lowest BCUT2D eigenvalue weighted by Gasteiger charge is -2.37. The molecule has 0 saturated carbocycles. The van der Waals surface area contributed by atoms with Crippen molar-refractivity contribution in [1.82, 2.24) is 9.80 Å². The number of carboxylic acids is 1. The summed E-state index contributed by atoms with van der Waals surface area (Å²) in [5.41, 5.74) is 0. The number of alkyl halides is 3. The van der Waals surface area contributed by atoms with Crippen LogP contribution >= 0.6 is 0 Å². The second-order valence-corrected chi connectivity index (χ2v) is 5.07. The number of halogens is 3. The third kappa shape index (κ3) is 4.65. The van der Waals surface area contributed by atoms with Crippen molar-refractivity contribution in [2.75, 3.05) is 26.7 Å². The van der Waals surface area contributed by atoms with Crippen LogP contribution in [0.3, 0.4) is 0 Å². The Kier molecular flexibility index (Phi) is 5.61. The van der Waals surface area contributed by atoms with Gasteiger partial charge >= 0.3 is 12.1 Å². The fourth-order valence-corrected chi connectivity index (χ4v) is 2.62. The molecule has 1 heterocycles. The summed E-state index contributed by atoms with van der Waals surface area (Å²) in [6.45, 7) is 3.42. The maximum atomic E-state index is 13.1. The van der Waals surface area contributed by atoms with E-state index in [2.05, 4.69) is 0 Å².